The third kappa shape index (κ3) is 3.07. The summed E-state index contributed by atoms with van der Waals surface area (Å²) in [6.45, 7) is -0.676. The summed E-state index contributed by atoms with van der Waals surface area (Å²) in [4.78, 5) is 15.3. The van der Waals surface area contributed by atoms with Crippen molar-refractivity contribution in [2.75, 3.05) is 26.2 Å². The molecule has 7 heteroatoms. The molecule has 1 saturated heterocycles. The summed E-state index contributed by atoms with van der Waals surface area (Å²) in [5.74, 6) is -2.50. The van der Waals surface area contributed by atoms with Crippen molar-refractivity contribution in [1.29, 1.82) is 0 Å². The predicted molar refractivity (Wildman–Crippen MR) is 43.7 cm³/mol. The molecule has 0 amide bonds. The smallest absolute Gasteiger partial charge is 0.353 e. The minimum atomic E-state index is -2.51. The molecule has 1 unspecified atom stereocenters. The third-order valence-corrected chi connectivity index (χ3v) is 2.53. The maximum atomic E-state index is 12.0. The van der Waals surface area contributed by atoms with Crippen LogP contribution in [0.25, 0.3) is 0 Å². The fraction of sp³-hybridized carbons (Fsp3) is 0.875. The number of carbonyl (C=O) groups excluding carboxylic acids is 1. The molecule has 1 fully saturated rings. The lowest BCUT2D eigenvalue weighted by Gasteiger charge is -2.13. The van der Waals surface area contributed by atoms with Crippen molar-refractivity contribution in [2.45, 2.75) is 6.43 Å². The van der Waals surface area contributed by atoms with E-state index in [9.17, 15) is 18.1 Å². The van der Waals surface area contributed by atoms with E-state index in [0.717, 1.165) is 0 Å². The van der Waals surface area contributed by atoms with Crippen molar-refractivity contribution in [3.8, 4) is 0 Å². The number of hydrogen-bond acceptors (Lipinski definition) is 4. The van der Waals surface area contributed by atoms with Crippen molar-refractivity contribution in [3.05, 3.63) is 0 Å². The maximum absolute atomic E-state index is 12.0. The standard InChI is InChI=1S/C8H12F3NO3/c9-7(10)3-12-1-5(4-13)6(2-12)8(14)15-11/h5-7,13H,1-4H2/t5?,6-/m1/s1. The summed E-state index contributed by atoms with van der Waals surface area (Å²) in [6, 6.07) is 0. The molecule has 1 heterocycles. The van der Waals surface area contributed by atoms with Gasteiger partial charge in [0, 0.05) is 30.1 Å². The van der Waals surface area contributed by atoms with Gasteiger partial charge < -0.3 is 5.11 Å². The van der Waals surface area contributed by atoms with E-state index in [1.54, 1.807) is 0 Å². The van der Waals surface area contributed by atoms with Gasteiger partial charge >= 0.3 is 5.97 Å². The molecule has 0 radical (unpaired) electrons. The van der Waals surface area contributed by atoms with Gasteiger partial charge in [0.25, 0.3) is 6.43 Å². The summed E-state index contributed by atoms with van der Waals surface area (Å²) < 4.78 is 35.7. The fourth-order valence-corrected chi connectivity index (χ4v) is 1.81. The van der Waals surface area contributed by atoms with Gasteiger partial charge in [-0.2, -0.15) is 0 Å². The molecule has 4 nitrogen and oxygen atoms in total. The molecular weight excluding hydrogens is 215 g/mol. The van der Waals surface area contributed by atoms with E-state index < -0.39 is 30.8 Å². The topological polar surface area (TPSA) is 49.8 Å². The largest absolute Gasteiger partial charge is 0.396 e. The van der Waals surface area contributed by atoms with Crippen LogP contribution in [-0.2, 0) is 9.74 Å². The number of rotatable bonds is 4. The molecule has 0 aromatic heterocycles. The minimum absolute atomic E-state index is 0.00167. The highest BCUT2D eigenvalue weighted by Crippen LogP contribution is 2.24. The quantitative estimate of drug-likeness (QED) is 0.746. The number of halogens is 3. The second kappa shape index (κ2) is 5.32. The molecule has 0 saturated carbocycles. The zero-order valence-electron chi connectivity index (χ0n) is 7.91. The van der Waals surface area contributed by atoms with Gasteiger partial charge in [-0.05, 0) is 0 Å². The molecule has 15 heavy (non-hydrogen) atoms. The van der Waals surface area contributed by atoms with Crippen LogP contribution >= 0.6 is 0 Å². The van der Waals surface area contributed by atoms with Gasteiger partial charge in [0.1, 0.15) is 0 Å². The van der Waals surface area contributed by atoms with Gasteiger partial charge in [-0.1, -0.05) is 0 Å². The normalized spacial score (nSPS) is 27.3. The maximum Gasteiger partial charge on any atom is 0.353 e. The summed E-state index contributed by atoms with van der Waals surface area (Å²) in [5, 5.41) is 8.89. The zero-order chi connectivity index (χ0) is 11.4. The Morgan fingerprint density at radius 1 is 1.53 bits per heavy atom. The number of likely N-dealkylation sites (tertiary alicyclic amines) is 1. The van der Waals surface area contributed by atoms with Crippen LogP contribution in [0.2, 0.25) is 0 Å². The first kappa shape index (κ1) is 12.3. The van der Waals surface area contributed by atoms with Gasteiger partial charge in [-0.3, -0.25) is 9.84 Å². The molecule has 0 bridgehead atoms. The Labute approximate surface area is 84.5 Å². The second-order valence-corrected chi connectivity index (χ2v) is 3.55. The van der Waals surface area contributed by atoms with Crippen LogP contribution in [-0.4, -0.2) is 48.6 Å². The van der Waals surface area contributed by atoms with Crippen LogP contribution in [0.3, 0.4) is 0 Å². The molecule has 2 atom stereocenters. The lowest BCUT2D eigenvalue weighted by Crippen LogP contribution is -2.28. The zero-order valence-corrected chi connectivity index (χ0v) is 7.91. The predicted octanol–water partition coefficient (Wildman–Crippen LogP) is 0.219. The van der Waals surface area contributed by atoms with E-state index in [1.807, 2.05) is 0 Å². The van der Waals surface area contributed by atoms with Gasteiger partial charge in [0.05, 0.1) is 12.5 Å². The fourth-order valence-electron chi connectivity index (χ4n) is 1.81. The Hall–Kier alpha value is -0.820. The molecule has 1 aliphatic heterocycles. The highest BCUT2D eigenvalue weighted by Gasteiger charge is 2.39. The molecule has 0 spiro atoms. The van der Waals surface area contributed by atoms with Gasteiger partial charge in [-0.25, -0.2) is 13.6 Å². The van der Waals surface area contributed by atoms with Crippen molar-refractivity contribution >= 4 is 5.97 Å². The number of nitrogens with zero attached hydrogens (tertiary/aromatic N) is 1. The average molecular weight is 227 g/mol. The van der Waals surface area contributed by atoms with Crippen LogP contribution in [0.15, 0.2) is 0 Å². The Kier molecular flexibility index (Phi) is 4.34. The highest BCUT2D eigenvalue weighted by molar-refractivity contribution is 5.72. The SMILES string of the molecule is O=C(OF)[C@@H]1CN(CC(F)F)CC1CO. The van der Waals surface area contributed by atoms with Crippen LogP contribution in [0.1, 0.15) is 0 Å². The van der Waals surface area contributed by atoms with E-state index in [-0.39, 0.29) is 19.7 Å². The lowest BCUT2D eigenvalue weighted by molar-refractivity contribution is -0.190. The van der Waals surface area contributed by atoms with E-state index in [4.69, 9.17) is 5.11 Å². The molecule has 0 aromatic rings. The molecule has 1 rings (SSSR count). The Morgan fingerprint density at radius 3 is 2.67 bits per heavy atom. The number of alkyl halides is 2. The number of hydrogen-bond donors (Lipinski definition) is 1. The molecule has 0 aliphatic carbocycles. The van der Waals surface area contributed by atoms with Crippen molar-refractivity contribution in [3.63, 3.8) is 0 Å². The first-order chi connectivity index (χ1) is 7.08. The number of carbonyl (C=O) groups is 1. The van der Waals surface area contributed by atoms with Gasteiger partial charge in [0.15, 0.2) is 0 Å². The second-order valence-electron chi connectivity index (χ2n) is 3.55. The van der Waals surface area contributed by atoms with E-state index in [2.05, 4.69) is 4.94 Å². The summed E-state index contributed by atoms with van der Waals surface area (Å²) >= 11 is 0. The lowest BCUT2D eigenvalue weighted by atomic mass is 9.97. The molecular formula is C8H12F3NO3. The number of aliphatic hydroxyl groups excluding tert-OH is 1. The Bertz CT molecular complexity index is 227. The van der Waals surface area contributed by atoms with Crippen molar-refractivity contribution in [1.82, 2.24) is 4.90 Å². The number of aliphatic hydroxyl groups is 1. The molecule has 1 aliphatic rings. The summed E-state index contributed by atoms with van der Waals surface area (Å²) in [5.41, 5.74) is 0. The molecule has 88 valence electrons. The molecule has 1 N–H and O–H groups in total. The van der Waals surface area contributed by atoms with Crippen LogP contribution < -0.4 is 0 Å². The van der Waals surface area contributed by atoms with Crippen LogP contribution in [0, 0.1) is 11.8 Å². The highest BCUT2D eigenvalue weighted by atomic mass is 19.3. The van der Waals surface area contributed by atoms with E-state index in [0.29, 0.717) is 0 Å². The van der Waals surface area contributed by atoms with Crippen LogP contribution in [0.4, 0.5) is 13.3 Å². The summed E-state index contributed by atoms with van der Waals surface area (Å²) in [7, 11) is 0. The first-order valence-corrected chi connectivity index (χ1v) is 4.52. The molecule has 0 aromatic carbocycles. The monoisotopic (exact) mass is 227 g/mol. The Balaban J connectivity index is 2.54. The van der Waals surface area contributed by atoms with Crippen LogP contribution in [0.5, 0.6) is 0 Å². The van der Waals surface area contributed by atoms with Crippen molar-refractivity contribution < 1.29 is 28.1 Å². The minimum Gasteiger partial charge on any atom is -0.396 e. The Morgan fingerprint density at radius 2 is 2.20 bits per heavy atom. The summed E-state index contributed by atoms with van der Waals surface area (Å²) in [6.07, 6.45) is -2.51. The first-order valence-electron chi connectivity index (χ1n) is 4.52. The average Bonchev–Trinajstić information content (AvgIpc) is 2.58. The van der Waals surface area contributed by atoms with Crippen molar-refractivity contribution in [2.24, 2.45) is 11.8 Å². The van der Waals surface area contributed by atoms with Gasteiger partial charge in [0.2, 0.25) is 0 Å². The van der Waals surface area contributed by atoms with E-state index >= 15 is 0 Å². The van der Waals surface area contributed by atoms with E-state index in [1.165, 1.54) is 4.90 Å². The van der Waals surface area contributed by atoms with Gasteiger partial charge in [-0.15, -0.1) is 0 Å². The third-order valence-electron chi connectivity index (χ3n) is 2.53.